The lowest BCUT2D eigenvalue weighted by molar-refractivity contribution is -0.136. The molecule has 0 aliphatic rings. The molecule has 2 amide bonds. The number of halogens is 2. The lowest BCUT2D eigenvalue weighted by atomic mass is 10.2. The van der Waals surface area contributed by atoms with Crippen molar-refractivity contribution >= 4 is 45.3 Å². The van der Waals surface area contributed by atoms with Gasteiger partial charge in [-0.1, -0.05) is 28.1 Å². The van der Waals surface area contributed by atoms with E-state index in [4.69, 9.17) is 0 Å². The number of nitrogens with zero attached hydrogens (tertiary/aromatic N) is 2. The van der Waals surface area contributed by atoms with Crippen LogP contribution in [0, 0.1) is 5.82 Å². The SMILES string of the molecule is CCN(CC)c1ccc(/C=N/NC(=O)C(=O)Nc2ccc(Br)cc2F)cc1. The molecule has 27 heavy (non-hydrogen) atoms. The van der Waals surface area contributed by atoms with Gasteiger partial charge in [0.05, 0.1) is 11.9 Å². The Labute approximate surface area is 165 Å². The Hall–Kier alpha value is -2.74. The summed E-state index contributed by atoms with van der Waals surface area (Å²) in [5.41, 5.74) is 3.89. The van der Waals surface area contributed by atoms with Gasteiger partial charge in [-0.15, -0.1) is 0 Å². The van der Waals surface area contributed by atoms with Gasteiger partial charge in [0.2, 0.25) is 0 Å². The number of carbonyl (C=O) groups excluding carboxylic acids is 2. The first-order chi connectivity index (χ1) is 12.9. The van der Waals surface area contributed by atoms with E-state index in [9.17, 15) is 14.0 Å². The van der Waals surface area contributed by atoms with E-state index in [-0.39, 0.29) is 5.69 Å². The molecule has 0 saturated heterocycles. The smallest absolute Gasteiger partial charge is 0.329 e. The van der Waals surface area contributed by atoms with E-state index in [0.717, 1.165) is 24.3 Å². The van der Waals surface area contributed by atoms with E-state index in [1.165, 1.54) is 18.3 Å². The summed E-state index contributed by atoms with van der Waals surface area (Å²) in [6.45, 7) is 5.99. The highest BCUT2D eigenvalue weighted by Crippen LogP contribution is 2.19. The number of nitrogens with one attached hydrogen (secondary N) is 2. The van der Waals surface area contributed by atoms with Crippen LogP contribution < -0.4 is 15.6 Å². The van der Waals surface area contributed by atoms with Crippen molar-refractivity contribution in [1.29, 1.82) is 0 Å². The molecule has 0 bridgehead atoms. The quantitative estimate of drug-likeness (QED) is 0.414. The summed E-state index contributed by atoms with van der Waals surface area (Å²) in [5, 5.41) is 5.95. The summed E-state index contributed by atoms with van der Waals surface area (Å²) < 4.78 is 14.2. The van der Waals surface area contributed by atoms with Crippen molar-refractivity contribution in [3.05, 3.63) is 58.3 Å². The van der Waals surface area contributed by atoms with Crippen LogP contribution in [-0.4, -0.2) is 31.1 Å². The molecule has 6 nitrogen and oxygen atoms in total. The molecule has 142 valence electrons. The number of rotatable bonds is 6. The zero-order valence-electron chi connectivity index (χ0n) is 15.0. The molecule has 0 aromatic heterocycles. The predicted molar refractivity (Wildman–Crippen MR) is 108 cm³/mol. The van der Waals surface area contributed by atoms with Gasteiger partial charge in [-0.2, -0.15) is 5.10 Å². The third-order valence-corrected chi connectivity index (χ3v) is 4.28. The van der Waals surface area contributed by atoms with Crippen molar-refractivity contribution in [2.24, 2.45) is 5.10 Å². The van der Waals surface area contributed by atoms with Gasteiger partial charge < -0.3 is 10.2 Å². The normalized spacial score (nSPS) is 10.7. The molecule has 2 N–H and O–H groups in total. The Morgan fingerprint density at radius 2 is 1.78 bits per heavy atom. The van der Waals surface area contributed by atoms with Crippen LogP contribution in [0.2, 0.25) is 0 Å². The van der Waals surface area contributed by atoms with Crippen molar-refractivity contribution in [2.45, 2.75) is 13.8 Å². The molecule has 2 rings (SSSR count). The molecule has 2 aromatic carbocycles. The molecule has 0 radical (unpaired) electrons. The van der Waals surface area contributed by atoms with Gasteiger partial charge in [0.25, 0.3) is 0 Å². The average molecular weight is 435 g/mol. The summed E-state index contributed by atoms with van der Waals surface area (Å²) in [5.74, 6) is -2.65. The fourth-order valence-electron chi connectivity index (χ4n) is 2.35. The van der Waals surface area contributed by atoms with Gasteiger partial charge in [-0.3, -0.25) is 9.59 Å². The first-order valence-corrected chi connectivity index (χ1v) is 9.18. The number of amides is 2. The summed E-state index contributed by atoms with van der Waals surface area (Å²) >= 11 is 3.11. The molecule has 2 aromatic rings. The zero-order valence-corrected chi connectivity index (χ0v) is 16.6. The van der Waals surface area contributed by atoms with Crippen LogP contribution in [0.5, 0.6) is 0 Å². The van der Waals surface area contributed by atoms with Gasteiger partial charge in [0.1, 0.15) is 5.82 Å². The van der Waals surface area contributed by atoms with E-state index in [1.54, 1.807) is 6.07 Å². The van der Waals surface area contributed by atoms with Crippen LogP contribution >= 0.6 is 15.9 Å². The van der Waals surface area contributed by atoms with Crippen LogP contribution in [0.4, 0.5) is 15.8 Å². The number of hydrogen-bond acceptors (Lipinski definition) is 4. The van der Waals surface area contributed by atoms with E-state index >= 15 is 0 Å². The monoisotopic (exact) mass is 434 g/mol. The third-order valence-electron chi connectivity index (χ3n) is 3.79. The third kappa shape index (κ3) is 5.89. The second kappa shape index (κ2) is 9.82. The average Bonchev–Trinajstić information content (AvgIpc) is 2.66. The predicted octanol–water partition coefficient (Wildman–Crippen LogP) is 3.52. The fraction of sp³-hybridized carbons (Fsp3) is 0.211. The van der Waals surface area contributed by atoms with E-state index in [0.29, 0.717) is 4.47 Å². The Kier molecular flexibility index (Phi) is 7.48. The molecule has 0 heterocycles. The highest BCUT2D eigenvalue weighted by molar-refractivity contribution is 9.10. The lowest BCUT2D eigenvalue weighted by Crippen LogP contribution is -2.32. The second-order valence-corrected chi connectivity index (χ2v) is 6.46. The number of hydrogen-bond donors (Lipinski definition) is 2. The van der Waals surface area contributed by atoms with Crippen LogP contribution in [-0.2, 0) is 9.59 Å². The molecule has 0 aliphatic carbocycles. The minimum Gasteiger partial charge on any atom is -0.372 e. The van der Waals surface area contributed by atoms with E-state index in [2.05, 4.69) is 50.5 Å². The molecule has 0 saturated carbocycles. The number of anilines is 2. The van der Waals surface area contributed by atoms with Crippen molar-refractivity contribution in [3.8, 4) is 0 Å². The van der Waals surface area contributed by atoms with Crippen molar-refractivity contribution in [3.63, 3.8) is 0 Å². The van der Waals surface area contributed by atoms with Crippen molar-refractivity contribution in [1.82, 2.24) is 5.43 Å². The molecule has 0 aliphatic heterocycles. The van der Waals surface area contributed by atoms with Gasteiger partial charge in [0, 0.05) is 23.2 Å². The maximum absolute atomic E-state index is 13.7. The van der Waals surface area contributed by atoms with Crippen molar-refractivity contribution < 1.29 is 14.0 Å². The highest BCUT2D eigenvalue weighted by Gasteiger charge is 2.15. The Balaban J connectivity index is 1.91. The Bertz CT molecular complexity index is 836. The second-order valence-electron chi connectivity index (χ2n) is 5.54. The summed E-state index contributed by atoms with van der Waals surface area (Å²) in [6, 6.07) is 11.7. The maximum atomic E-state index is 13.7. The zero-order chi connectivity index (χ0) is 19.8. The van der Waals surface area contributed by atoms with Gasteiger partial charge in [0.15, 0.2) is 0 Å². The molecular formula is C19H20BrFN4O2. The molecule has 0 unspecified atom stereocenters. The van der Waals surface area contributed by atoms with E-state index in [1.807, 2.05) is 24.3 Å². The maximum Gasteiger partial charge on any atom is 0.329 e. The lowest BCUT2D eigenvalue weighted by Gasteiger charge is -2.20. The van der Waals surface area contributed by atoms with Crippen LogP contribution in [0.25, 0.3) is 0 Å². The largest absolute Gasteiger partial charge is 0.372 e. The molecule has 8 heteroatoms. The minimum absolute atomic E-state index is 0.0886. The molecular weight excluding hydrogens is 415 g/mol. The Morgan fingerprint density at radius 3 is 2.37 bits per heavy atom. The minimum atomic E-state index is -1.01. The molecule has 0 atom stereocenters. The first-order valence-electron chi connectivity index (χ1n) is 8.39. The van der Waals surface area contributed by atoms with Crippen LogP contribution in [0.15, 0.2) is 52.0 Å². The van der Waals surface area contributed by atoms with Gasteiger partial charge >= 0.3 is 11.8 Å². The summed E-state index contributed by atoms with van der Waals surface area (Å²) in [4.78, 5) is 25.8. The highest BCUT2D eigenvalue weighted by atomic mass is 79.9. The molecule has 0 spiro atoms. The number of benzene rings is 2. The number of carbonyl (C=O) groups is 2. The van der Waals surface area contributed by atoms with E-state index < -0.39 is 17.6 Å². The van der Waals surface area contributed by atoms with Crippen LogP contribution in [0.3, 0.4) is 0 Å². The topological polar surface area (TPSA) is 73.8 Å². The molecule has 0 fully saturated rings. The fourth-order valence-corrected chi connectivity index (χ4v) is 2.68. The van der Waals surface area contributed by atoms with Gasteiger partial charge in [-0.25, -0.2) is 9.82 Å². The summed E-state index contributed by atoms with van der Waals surface area (Å²) in [7, 11) is 0. The van der Waals surface area contributed by atoms with Gasteiger partial charge in [-0.05, 0) is 49.7 Å². The summed E-state index contributed by atoms with van der Waals surface area (Å²) in [6.07, 6.45) is 1.43. The van der Waals surface area contributed by atoms with Crippen LogP contribution in [0.1, 0.15) is 19.4 Å². The first kappa shape index (κ1) is 20.6. The standard InChI is InChI=1S/C19H20BrFN4O2/c1-3-25(4-2)15-8-5-13(6-9-15)12-22-24-19(27)18(26)23-17-10-7-14(20)11-16(17)21/h5-12H,3-4H2,1-2H3,(H,23,26)(H,24,27)/b22-12+. The Morgan fingerprint density at radius 1 is 1.11 bits per heavy atom. The number of hydrazone groups is 1. The van der Waals surface area contributed by atoms with Crippen molar-refractivity contribution in [2.75, 3.05) is 23.3 Å².